The van der Waals surface area contributed by atoms with Crippen LogP contribution in [0.25, 0.3) is 0 Å². The summed E-state index contributed by atoms with van der Waals surface area (Å²) >= 11 is 0. The molecule has 1 aliphatic carbocycles. The minimum absolute atomic E-state index is 0.0251. The third-order valence-corrected chi connectivity index (χ3v) is 4.17. The van der Waals surface area contributed by atoms with Crippen LogP contribution in [0, 0.1) is 5.92 Å². The zero-order valence-corrected chi connectivity index (χ0v) is 10.4. The monoisotopic (exact) mass is 214 g/mol. The van der Waals surface area contributed by atoms with Gasteiger partial charge in [0.1, 0.15) is 0 Å². The summed E-state index contributed by atoms with van der Waals surface area (Å²) in [7, 11) is 1.82. The minimum atomic E-state index is 0.0251. The van der Waals surface area contributed by atoms with Gasteiger partial charge in [0, 0.05) is 7.11 Å². The number of nitrogens with one attached hydrogen (secondary N) is 1. The molecule has 1 aliphatic rings. The number of nitrogens with two attached hydrogens (primary N) is 1. The second-order valence-corrected chi connectivity index (χ2v) is 4.76. The Balaban J connectivity index is 2.54. The number of hydrogen-bond acceptors (Lipinski definition) is 3. The average molecular weight is 214 g/mol. The Labute approximate surface area is 93.7 Å². The van der Waals surface area contributed by atoms with E-state index < -0.39 is 0 Å². The van der Waals surface area contributed by atoms with Crippen LogP contribution in [0.15, 0.2) is 0 Å². The number of hydrazine groups is 1. The van der Waals surface area contributed by atoms with Gasteiger partial charge in [-0.25, -0.2) is 0 Å². The van der Waals surface area contributed by atoms with Gasteiger partial charge in [-0.05, 0) is 31.6 Å². The van der Waals surface area contributed by atoms with Crippen molar-refractivity contribution < 1.29 is 4.74 Å². The van der Waals surface area contributed by atoms with Crippen molar-refractivity contribution >= 4 is 0 Å². The van der Waals surface area contributed by atoms with E-state index in [0.29, 0.717) is 6.04 Å². The van der Waals surface area contributed by atoms with E-state index in [9.17, 15) is 0 Å². The molecular formula is C12H26N2O. The molecule has 1 atom stereocenters. The topological polar surface area (TPSA) is 47.3 Å². The van der Waals surface area contributed by atoms with Gasteiger partial charge in [-0.2, -0.15) is 0 Å². The Bertz CT molecular complexity index is 171. The van der Waals surface area contributed by atoms with E-state index in [-0.39, 0.29) is 5.60 Å². The van der Waals surface area contributed by atoms with Gasteiger partial charge in [0.2, 0.25) is 0 Å². The lowest BCUT2D eigenvalue weighted by Gasteiger charge is -2.47. The zero-order valence-electron chi connectivity index (χ0n) is 10.4. The molecule has 0 bridgehead atoms. The molecule has 0 aromatic carbocycles. The molecule has 0 heterocycles. The van der Waals surface area contributed by atoms with Crippen LogP contribution in [0.5, 0.6) is 0 Å². The summed E-state index contributed by atoms with van der Waals surface area (Å²) in [6.45, 7) is 4.50. The summed E-state index contributed by atoms with van der Waals surface area (Å²) in [4.78, 5) is 0. The molecule has 90 valence electrons. The summed E-state index contributed by atoms with van der Waals surface area (Å²) in [5.41, 5.74) is 3.00. The van der Waals surface area contributed by atoms with Crippen molar-refractivity contribution in [1.29, 1.82) is 0 Å². The Kier molecular flexibility index (Phi) is 5.03. The summed E-state index contributed by atoms with van der Waals surface area (Å²) in [5, 5.41) is 0. The summed E-state index contributed by atoms with van der Waals surface area (Å²) < 4.78 is 5.67. The van der Waals surface area contributed by atoms with Gasteiger partial charge in [0.25, 0.3) is 0 Å². The van der Waals surface area contributed by atoms with Gasteiger partial charge in [0.15, 0.2) is 0 Å². The lowest BCUT2D eigenvalue weighted by atomic mass is 9.71. The molecule has 1 rings (SSSR count). The van der Waals surface area contributed by atoms with Crippen LogP contribution in [0.3, 0.4) is 0 Å². The second-order valence-electron chi connectivity index (χ2n) is 4.76. The molecular weight excluding hydrogens is 188 g/mol. The van der Waals surface area contributed by atoms with Gasteiger partial charge in [0.05, 0.1) is 11.6 Å². The second kappa shape index (κ2) is 5.83. The van der Waals surface area contributed by atoms with Gasteiger partial charge >= 0.3 is 0 Å². The lowest BCUT2D eigenvalue weighted by Crippen LogP contribution is -2.58. The van der Waals surface area contributed by atoms with Crippen molar-refractivity contribution in [3.05, 3.63) is 0 Å². The highest BCUT2D eigenvalue weighted by atomic mass is 16.5. The molecule has 0 saturated heterocycles. The maximum Gasteiger partial charge on any atom is 0.0844 e. The molecule has 0 spiro atoms. The molecule has 1 saturated carbocycles. The molecule has 3 nitrogen and oxygen atoms in total. The summed E-state index contributed by atoms with van der Waals surface area (Å²) in [5.74, 6) is 6.43. The van der Waals surface area contributed by atoms with Crippen LogP contribution in [-0.4, -0.2) is 18.8 Å². The van der Waals surface area contributed by atoms with Crippen LogP contribution in [-0.2, 0) is 4.74 Å². The Hall–Kier alpha value is -0.120. The van der Waals surface area contributed by atoms with E-state index in [4.69, 9.17) is 10.6 Å². The predicted molar refractivity (Wildman–Crippen MR) is 63.4 cm³/mol. The first-order valence-electron chi connectivity index (χ1n) is 6.23. The van der Waals surface area contributed by atoms with Gasteiger partial charge in [-0.3, -0.25) is 11.3 Å². The molecule has 1 fully saturated rings. The maximum atomic E-state index is 5.67. The number of hydrogen-bond donors (Lipinski definition) is 2. The van der Waals surface area contributed by atoms with Crippen LogP contribution in [0.2, 0.25) is 0 Å². The highest BCUT2D eigenvalue weighted by Gasteiger charge is 2.44. The fraction of sp³-hybridized carbons (Fsp3) is 1.00. The fourth-order valence-electron chi connectivity index (χ4n) is 2.61. The molecule has 1 unspecified atom stereocenters. The minimum Gasteiger partial charge on any atom is -0.377 e. The average Bonchev–Trinajstić information content (AvgIpc) is 2.22. The molecule has 0 amide bonds. The van der Waals surface area contributed by atoms with Crippen molar-refractivity contribution in [1.82, 2.24) is 5.43 Å². The highest BCUT2D eigenvalue weighted by molar-refractivity contribution is 4.99. The van der Waals surface area contributed by atoms with Crippen molar-refractivity contribution in [2.24, 2.45) is 11.8 Å². The van der Waals surface area contributed by atoms with E-state index >= 15 is 0 Å². The molecule has 15 heavy (non-hydrogen) atoms. The molecule has 0 aliphatic heterocycles. The van der Waals surface area contributed by atoms with Crippen molar-refractivity contribution in [2.75, 3.05) is 7.11 Å². The van der Waals surface area contributed by atoms with Gasteiger partial charge < -0.3 is 4.74 Å². The Morgan fingerprint density at radius 1 is 1.33 bits per heavy atom. The molecule has 0 aromatic rings. The van der Waals surface area contributed by atoms with Crippen molar-refractivity contribution in [3.63, 3.8) is 0 Å². The third-order valence-electron chi connectivity index (χ3n) is 4.17. The Morgan fingerprint density at radius 3 is 2.20 bits per heavy atom. The highest BCUT2D eigenvalue weighted by Crippen LogP contribution is 2.40. The fourth-order valence-corrected chi connectivity index (χ4v) is 2.61. The van der Waals surface area contributed by atoms with Gasteiger partial charge in [-0.15, -0.1) is 0 Å². The van der Waals surface area contributed by atoms with E-state index in [1.54, 1.807) is 0 Å². The molecule has 3 heteroatoms. The first-order valence-corrected chi connectivity index (χ1v) is 6.23. The Morgan fingerprint density at radius 2 is 1.93 bits per heavy atom. The molecule has 0 radical (unpaired) electrons. The lowest BCUT2D eigenvalue weighted by molar-refractivity contribution is -0.103. The van der Waals surface area contributed by atoms with Crippen LogP contribution in [0.1, 0.15) is 52.4 Å². The van der Waals surface area contributed by atoms with E-state index in [0.717, 1.165) is 25.2 Å². The zero-order chi connectivity index (χ0) is 11.3. The largest absolute Gasteiger partial charge is 0.377 e. The van der Waals surface area contributed by atoms with Crippen molar-refractivity contribution in [2.45, 2.75) is 64.0 Å². The first kappa shape index (κ1) is 12.9. The summed E-state index contributed by atoms with van der Waals surface area (Å²) in [6, 6.07) is 0.321. The van der Waals surface area contributed by atoms with Gasteiger partial charge in [-0.1, -0.05) is 26.7 Å². The predicted octanol–water partition coefficient (Wildman–Crippen LogP) is 2.21. The normalized spacial score (nSPS) is 21.4. The number of rotatable bonds is 7. The number of ether oxygens (including phenoxy) is 1. The van der Waals surface area contributed by atoms with Crippen LogP contribution in [0.4, 0.5) is 0 Å². The smallest absolute Gasteiger partial charge is 0.0844 e. The van der Waals surface area contributed by atoms with E-state index in [1.807, 2.05) is 7.11 Å². The maximum absolute atomic E-state index is 5.67. The first-order chi connectivity index (χ1) is 7.22. The SMILES string of the molecule is CCC(CC)CC(NN)C1(OC)CCC1. The van der Waals surface area contributed by atoms with Crippen LogP contribution < -0.4 is 11.3 Å². The van der Waals surface area contributed by atoms with E-state index in [1.165, 1.54) is 19.3 Å². The number of methoxy groups -OCH3 is 1. The molecule has 0 aromatic heterocycles. The molecule has 3 N–H and O–H groups in total. The van der Waals surface area contributed by atoms with E-state index in [2.05, 4.69) is 19.3 Å². The summed E-state index contributed by atoms with van der Waals surface area (Å²) in [6.07, 6.45) is 7.17. The van der Waals surface area contributed by atoms with Crippen molar-refractivity contribution in [3.8, 4) is 0 Å². The quantitative estimate of drug-likeness (QED) is 0.504. The third kappa shape index (κ3) is 2.71. The standard InChI is InChI=1S/C12H26N2O/c1-4-10(5-2)9-11(14-13)12(15-3)7-6-8-12/h10-11,14H,4-9,13H2,1-3H3. The van der Waals surface area contributed by atoms with Crippen LogP contribution >= 0.6 is 0 Å².